The van der Waals surface area contributed by atoms with E-state index in [-0.39, 0.29) is 28.6 Å². The van der Waals surface area contributed by atoms with Crippen LogP contribution in [0.4, 0.5) is 0 Å². The normalized spacial score (nSPS) is 15.5. The molecule has 1 fully saturated rings. The summed E-state index contributed by atoms with van der Waals surface area (Å²) in [6.07, 6.45) is 1.69. The highest BCUT2D eigenvalue weighted by Gasteiger charge is 2.28. The summed E-state index contributed by atoms with van der Waals surface area (Å²) in [7, 11) is -3.62. The molecule has 1 saturated carbocycles. The fourth-order valence-electron chi connectivity index (χ4n) is 2.65. The van der Waals surface area contributed by atoms with Crippen LogP contribution in [0.2, 0.25) is 0 Å². The monoisotopic (exact) mass is 374 g/mol. The maximum Gasteiger partial charge on any atom is 0.252 e. The highest BCUT2D eigenvalue weighted by atomic mass is 32.2. The van der Waals surface area contributed by atoms with Gasteiger partial charge in [-0.3, -0.25) is 4.79 Å². The van der Waals surface area contributed by atoms with Crippen LogP contribution in [0.5, 0.6) is 5.75 Å². The van der Waals surface area contributed by atoms with Crippen molar-refractivity contribution in [2.75, 3.05) is 0 Å². The van der Waals surface area contributed by atoms with Gasteiger partial charge in [0.25, 0.3) is 5.91 Å². The molecule has 0 aromatic heterocycles. The number of hydrogen-bond donors (Lipinski definition) is 3. The topological polar surface area (TPSA) is 95.5 Å². The number of aryl methyl sites for hydroxylation is 1. The second-order valence-electron chi connectivity index (χ2n) is 6.66. The number of amides is 1. The largest absolute Gasteiger partial charge is 0.508 e. The van der Waals surface area contributed by atoms with Crippen LogP contribution in [-0.2, 0) is 10.0 Å². The zero-order chi connectivity index (χ0) is 18.9. The standard InChI is InChI=1S/C19H22N2O4S/c1-12-6-9-17(26(24,25)21-15-7-8-15)11-18(12)19(23)20-13(2)14-4-3-5-16(22)10-14/h3-6,9-11,13,15,21-22H,7-8H2,1-2H3,(H,20,23). The Hall–Kier alpha value is -2.38. The summed E-state index contributed by atoms with van der Waals surface area (Å²) in [4.78, 5) is 12.7. The molecule has 3 rings (SSSR count). The summed E-state index contributed by atoms with van der Waals surface area (Å²) in [6.45, 7) is 3.57. The van der Waals surface area contributed by atoms with Crippen molar-refractivity contribution < 1.29 is 18.3 Å². The van der Waals surface area contributed by atoms with Gasteiger partial charge in [0, 0.05) is 11.6 Å². The minimum atomic E-state index is -3.62. The van der Waals surface area contributed by atoms with Gasteiger partial charge in [-0.05, 0) is 62.1 Å². The third-order valence-electron chi connectivity index (χ3n) is 4.38. The van der Waals surface area contributed by atoms with Gasteiger partial charge < -0.3 is 10.4 Å². The molecule has 0 spiro atoms. The molecule has 1 aliphatic rings. The van der Waals surface area contributed by atoms with E-state index in [1.807, 2.05) is 0 Å². The Balaban J connectivity index is 1.81. The van der Waals surface area contributed by atoms with E-state index >= 15 is 0 Å². The fraction of sp³-hybridized carbons (Fsp3) is 0.316. The smallest absolute Gasteiger partial charge is 0.252 e. The first-order valence-electron chi connectivity index (χ1n) is 8.49. The SMILES string of the molecule is Cc1ccc(S(=O)(=O)NC2CC2)cc1C(=O)NC(C)c1cccc(O)c1. The molecule has 26 heavy (non-hydrogen) atoms. The van der Waals surface area contributed by atoms with Crippen molar-refractivity contribution in [2.45, 2.75) is 43.7 Å². The van der Waals surface area contributed by atoms with Crippen LogP contribution in [0.3, 0.4) is 0 Å². The van der Waals surface area contributed by atoms with Gasteiger partial charge in [0.05, 0.1) is 10.9 Å². The Morgan fingerprint density at radius 3 is 2.58 bits per heavy atom. The molecule has 1 amide bonds. The molecule has 2 aromatic rings. The Morgan fingerprint density at radius 1 is 1.19 bits per heavy atom. The van der Waals surface area contributed by atoms with E-state index < -0.39 is 10.0 Å². The van der Waals surface area contributed by atoms with Crippen molar-refractivity contribution in [3.05, 3.63) is 59.2 Å². The lowest BCUT2D eigenvalue weighted by Crippen LogP contribution is -2.29. The Kier molecular flexibility index (Phi) is 5.02. The van der Waals surface area contributed by atoms with E-state index in [1.165, 1.54) is 12.1 Å². The van der Waals surface area contributed by atoms with Crippen LogP contribution in [0.1, 0.15) is 47.3 Å². The molecule has 7 heteroatoms. The second-order valence-corrected chi connectivity index (χ2v) is 8.38. The number of nitrogens with one attached hydrogen (secondary N) is 2. The molecular formula is C19H22N2O4S. The molecule has 0 bridgehead atoms. The Morgan fingerprint density at radius 2 is 1.92 bits per heavy atom. The average Bonchev–Trinajstić information content (AvgIpc) is 3.38. The molecule has 0 saturated heterocycles. The maximum atomic E-state index is 12.7. The molecule has 3 N–H and O–H groups in total. The first kappa shape index (κ1) is 18.4. The van der Waals surface area contributed by atoms with Crippen molar-refractivity contribution in [3.63, 3.8) is 0 Å². The Labute approximate surface area is 153 Å². The van der Waals surface area contributed by atoms with Crippen molar-refractivity contribution in [3.8, 4) is 5.75 Å². The number of benzene rings is 2. The van der Waals surface area contributed by atoms with Crippen LogP contribution in [0.25, 0.3) is 0 Å². The lowest BCUT2D eigenvalue weighted by molar-refractivity contribution is 0.0939. The zero-order valence-electron chi connectivity index (χ0n) is 14.7. The van der Waals surface area contributed by atoms with Gasteiger partial charge >= 0.3 is 0 Å². The van der Waals surface area contributed by atoms with Gasteiger partial charge in [-0.25, -0.2) is 13.1 Å². The average molecular weight is 374 g/mol. The second kappa shape index (κ2) is 7.09. The van der Waals surface area contributed by atoms with Gasteiger partial charge in [0.15, 0.2) is 0 Å². The van der Waals surface area contributed by atoms with Crippen LogP contribution in [0, 0.1) is 6.92 Å². The van der Waals surface area contributed by atoms with Crippen LogP contribution < -0.4 is 10.0 Å². The molecule has 1 atom stereocenters. The lowest BCUT2D eigenvalue weighted by atomic mass is 10.1. The first-order chi connectivity index (χ1) is 12.3. The molecule has 138 valence electrons. The number of hydrogen-bond acceptors (Lipinski definition) is 4. The van der Waals surface area contributed by atoms with Gasteiger partial charge in [0.2, 0.25) is 10.0 Å². The minimum Gasteiger partial charge on any atom is -0.508 e. The third-order valence-corrected chi connectivity index (χ3v) is 5.90. The third kappa shape index (κ3) is 4.23. The molecule has 6 nitrogen and oxygen atoms in total. The number of phenolic OH excluding ortho intramolecular Hbond substituents is 1. The predicted molar refractivity (Wildman–Crippen MR) is 98.5 cm³/mol. The number of carbonyl (C=O) groups excluding carboxylic acids is 1. The number of rotatable bonds is 6. The van der Waals surface area contributed by atoms with E-state index in [9.17, 15) is 18.3 Å². The van der Waals surface area contributed by atoms with E-state index in [4.69, 9.17) is 0 Å². The summed E-state index contributed by atoms with van der Waals surface area (Å²) < 4.78 is 27.4. The molecule has 1 unspecified atom stereocenters. The van der Waals surface area contributed by atoms with Crippen molar-refractivity contribution in [1.82, 2.24) is 10.0 Å². The molecular weight excluding hydrogens is 352 g/mol. The summed E-state index contributed by atoms with van der Waals surface area (Å²) in [5.41, 5.74) is 1.77. The van der Waals surface area contributed by atoms with E-state index in [0.29, 0.717) is 11.1 Å². The minimum absolute atomic E-state index is 0.00404. The summed E-state index contributed by atoms with van der Waals surface area (Å²) >= 11 is 0. The van der Waals surface area contributed by atoms with Crippen LogP contribution in [0.15, 0.2) is 47.4 Å². The number of phenols is 1. The summed E-state index contributed by atoms with van der Waals surface area (Å²) in [5.74, 6) is -0.235. The van der Waals surface area contributed by atoms with Gasteiger partial charge in [-0.15, -0.1) is 0 Å². The van der Waals surface area contributed by atoms with Crippen molar-refractivity contribution in [1.29, 1.82) is 0 Å². The van der Waals surface area contributed by atoms with Gasteiger partial charge in [-0.2, -0.15) is 0 Å². The van der Waals surface area contributed by atoms with E-state index in [2.05, 4.69) is 10.0 Å². The Bertz CT molecular complexity index is 936. The lowest BCUT2D eigenvalue weighted by Gasteiger charge is -2.16. The first-order valence-corrected chi connectivity index (χ1v) is 9.97. The van der Waals surface area contributed by atoms with E-state index in [1.54, 1.807) is 44.2 Å². The van der Waals surface area contributed by atoms with Crippen LogP contribution >= 0.6 is 0 Å². The maximum absolute atomic E-state index is 12.7. The zero-order valence-corrected chi connectivity index (χ0v) is 15.5. The fourth-order valence-corrected chi connectivity index (χ4v) is 3.98. The van der Waals surface area contributed by atoms with Gasteiger partial charge in [0.1, 0.15) is 5.75 Å². The predicted octanol–water partition coefficient (Wildman–Crippen LogP) is 2.63. The van der Waals surface area contributed by atoms with Crippen LogP contribution in [-0.4, -0.2) is 25.5 Å². The molecule has 0 radical (unpaired) electrons. The molecule has 0 heterocycles. The number of sulfonamides is 1. The van der Waals surface area contributed by atoms with Crippen molar-refractivity contribution in [2.24, 2.45) is 0 Å². The quantitative estimate of drug-likeness (QED) is 0.724. The number of aromatic hydroxyl groups is 1. The summed E-state index contributed by atoms with van der Waals surface area (Å²) in [5, 5.41) is 12.4. The number of carbonyl (C=O) groups is 1. The molecule has 2 aromatic carbocycles. The van der Waals surface area contributed by atoms with Crippen molar-refractivity contribution >= 4 is 15.9 Å². The molecule has 1 aliphatic carbocycles. The highest BCUT2D eigenvalue weighted by molar-refractivity contribution is 7.89. The van der Waals surface area contributed by atoms with Gasteiger partial charge in [-0.1, -0.05) is 18.2 Å². The van der Waals surface area contributed by atoms with E-state index in [0.717, 1.165) is 18.4 Å². The molecule has 0 aliphatic heterocycles. The highest BCUT2D eigenvalue weighted by Crippen LogP contribution is 2.24. The summed E-state index contributed by atoms with van der Waals surface area (Å²) in [6, 6.07) is 10.9.